The molecule has 4 aromatic rings. The molecule has 0 spiro atoms. The zero-order valence-corrected chi connectivity index (χ0v) is 17.9. The van der Waals surface area contributed by atoms with Gasteiger partial charge in [-0.15, -0.1) is 0 Å². The second kappa shape index (κ2) is 8.68. The Bertz CT molecular complexity index is 1170. The van der Waals surface area contributed by atoms with Gasteiger partial charge in [0.2, 0.25) is 0 Å². The summed E-state index contributed by atoms with van der Waals surface area (Å²) in [6.45, 7) is 8.29. The summed E-state index contributed by atoms with van der Waals surface area (Å²) in [5.74, 6) is 0. The third-order valence-corrected chi connectivity index (χ3v) is 5.64. The van der Waals surface area contributed by atoms with Crippen LogP contribution in [0, 0.1) is 20.8 Å². The molecule has 0 aliphatic heterocycles. The maximum Gasteiger partial charge on any atom is 0.194 e. The van der Waals surface area contributed by atoms with Gasteiger partial charge in [-0.3, -0.25) is 9.69 Å². The molecule has 1 N–H and O–H groups in total. The molecular formula is C27H28N2O. The van der Waals surface area contributed by atoms with Gasteiger partial charge < -0.3 is 4.98 Å². The van der Waals surface area contributed by atoms with E-state index in [4.69, 9.17) is 0 Å². The number of rotatable bonds is 6. The van der Waals surface area contributed by atoms with Crippen molar-refractivity contribution in [2.45, 2.75) is 40.4 Å². The molecule has 3 aromatic carbocycles. The fourth-order valence-electron chi connectivity index (χ4n) is 4.23. The number of fused-ring (bicyclic) bond motifs is 1. The highest BCUT2D eigenvalue weighted by atomic mass is 16.1. The molecule has 0 unspecified atom stereocenters. The van der Waals surface area contributed by atoms with E-state index in [1.807, 2.05) is 26.0 Å². The van der Waals surface area contributed by atoms with Crippen LogP contribution in [0.2, 0.25) is 0 Å². The molecule has 30 heavy (non-hydrogen) atoms. The molecule has 3 heteroatoms. The molecule has 0 aliphatic rings. The van der Waals surface area contributed by atoms with Crippen LogP contribution in [-0.4, -0.2) is 9.88 Å². The average molecular weight is 397 g/mol. The van der Waals surface area contributed by atoms with E-state index in [-0.39, 0.29) is 5.43 Å². The number of aromatic amines is 1. The maximum absolute atomic E-state index is 13.5. The first kappa shape index (κ1) is 20.1. The topological polar surface area (TPSA) is 36.1 Å². The Hall–Kier alpha value is -3.17. The molecule has 152 valence electrons. The van der Waals surface area contributed by atoms with Crippen molar-refractivity contribution in [3.05, 3.63) is 117 Å². The van der Waals surface area contributed by atoms with Gasteiger partial charge in [-0.25, -0.2) is 0 Å². The van der Waals surface area contributed by atoms with Crippen LogP contribution in [0.5, 0.6) is 0 Å². The molecule has 0 bridgehead atoms. The highest BCUT2D eigenvalue weighted by molar-refractivity contribution is 5.83. The van der Waals surface area contributed by atoms with Gasteiger partial charge in [0, 0.05) is 36.3 Å². The molecule has 0 atom stereocenters. The third-order valence-electron chi connectivity index (χ3n) is 5.64. The van der Waals surface area contributed by atoms with Crippen LogP contribution >= 0.6 is 0 Å². The summed E-state index contributed by atoms with van der Waals surface area (Å²) in [6.07, 6.45) is 0. The molecule has 0 amide bonds. The van der Waals surface area contributed by atoms with Crippen LogP contribution in [0.1, 0.15) is 33.5 Å². The minimum atomic E-state index is 0.143. The molecule has 3 nitrogen and oxygen atoms in total. The Morgan fingerprint density at radius 3 is 1.90 bits per heavy atom. The van der Waals surface area contributed by atoms with Crippen molar-refractivity contribution in [1.29, 1.82) is 0 Å². The van der Waals surface area contributed by atoms with Crippen LogP contribution < -0.4 is 5.43 Å². The molecule has 0 radical (unpaired) electrons. The minimum absolute atomic E-state index is 0.143. The average Bonchev–Trinajstić information content (AvgIpc) is 2.72. The second-order valence-electron chi connectivity index (χ2n) is 8.18. The maximum atomic E-state index is 13.5. The van der Waals surface area contributed by atoms with Crippen LogP contribution in [0.15, 0.2) is 77.6 Å². The SMILES string of the molecule is Cc1cc(C)c2c(=O)c(CN(Cc3ccccc3)Cc3ccccc3)c(C)[nH]c2c1. The molecule has 0 saturated heterocycles. The highest BCUT2D eigenvalue weighted by Gasteiger charge is 2.16. The number of benzene rings is 3. The molecule has 0 aliphatic carbocycles. The minimum Gasteiger partial charge on any atom is -0.358 e. The van der Waals surface area contributed by atoms with Crippen molar-refractivity contribution in [2.24, 2.45) is 0 Å². The summed E-state index contributed by atoms with van der Waals surface area (Å²) in [5.41, 5.74) is 7.55. The van der Waals surface area contributed by atoms with Gasteiger partial charge in [0.15, 0.2) is 5.43 Å². The normalized spacial score (nSPS) is 11.3. The molecular weight excluding hydrogens is 368 g/mol. The molecule has 4 rings (SSSR count). The van der Waals surface area contributed by atoms with Crippen molar-refractivity contribution in [2.75, 3.05) is 0 Å². The lowest BCUT2D eigenvalue weighted by Gasteiger charge is -2.24. The predicted octanol–water partition coefficient (Wildman–Crippen LogP) is 5.66. The standard InChI is InChI=1S/C27H28N2O/c1-19-14-20(2)26-25(15-19)28-21(3)24(27(26)30)18-29(16-22-10-6-4-7-11-22)17-23-12-8-5-9-13-23/h4-15H,16-18H2,1-3H3,(H,28,30). The van der Waals surface area contributed by atoms with Gasteiger partial charge in [0.25, 0.3) is 0 Å². The van der Waals surface area contributed by atoms with E-state index in [0.717, 1.165) is 46.4 Å². The van der Waals surface area contributed by atoms with Crippen molar-refractivity contribution < 1.29 is 0 Å². The number of aromatic nitrogens is 1. The highest BCUT2D eigenvalue weighted by Crippen LogP contribution is 2.20. The first-order valence-corrected chi connectivity index (χ1v) is 10.4. The van der Waals surface area contributed by atoms with Crippen LogP contribution in [0.4, 0.5) is 0 Å². The van der Waals surface area contributed by atoms with Gasteiger partial charge in [-0.2, -0.15) is 0 Å². The van der Waals surface area contributed by atoms with E-state index in [0.29, 0.717) is 6.54 Å². The molecule has 1 aromatic heterocycles. The number of H-pyrrole nitrogens is 1. The van der Waals surface area contributed by atoms with E-state index in [2.05, 4.69) is 77.5 Å². The Kier molecular flexibility index (Phi) is 5.82. The smallest absolute Gasteiger partial charge is 0.194 e. The van der Waals surface area contributed by atoms with Gasteiger partial charge in [0.1, 0.15) is 0 Å². The monoisotopic (exact) mass is 396 g/mol. The quantitative estimate of drug-likeness (QED) is 0.457. The first-order chi connectivity index (χ1) is 14.5. The molecule has 1 heterocycles. The number of pyridine rings is 1. The number of nitrogens with zero attached hydrogens (tertiary/aromatic N) is 1. The van der Waals surface area contributed by atoms with Crippen LogP contribution in [-0.2, 0) is 19.6 Å². The Morgan fingerprint density at radius 2 is 1.33 bits per heavy atom. The van der Waals surface area contributed by atoms with Crippen molar-refractivity contribution in [3.8, 4) is 0 Å². The van der Waals surface area contributed by atoms with E-state index in [1.165, 1.54) is 11.1 Å². The lowest BCUT2D eigenvalue weighted by molar-refractivity contribution is 0.246. The summed E-state index contributed by atoms with van der Waals surface area (Å²) in [4.78, 5) is 19.3. The largest absolute Gasteiger partial charge is 0.358 e. The van der Waals surface area contributed by atoms with Crippen LogP contribution in [0.25, 0.3) is 10.9 Å². The fraction of sp³-hybridized carbons (Fsp3) is 0.222. The Balaban J connectivity index is 1.73. The van der Waals surface area contributed by atoms with E-state index in [1.54, 1.807) is 0 Å². The second-order valence-corrected chi connectivity index (χ2v) is 8.18. The van der Waals surface area contributed by atoms with Gasteiger partial charge >= 0.3 is 0 Å². The number of hydrogen-bond acceptors (Lipinski definition) is 2. The Labute approximate surface area is 178 Å². The number of hydrogen-bond donors (Lipinski definition) is 1. The summed E-state index contributed by atoms with van der Waals surface area (Å²) < 4.78 is 0. The zero-order chi connectivity index (χ0) is 21.1. The van der Waals surface area contributed by atoms with Crippen molar-refractivity contribution in [1.82, 2.24) is 9.88 Å². The van der Waals surface area contributed by atoms with E-state index >= 15 is 0 Å². The summed E-state index contributed by atoms with van der Waals surface area (Å²) in [7, 11) is 0. The fourth-order valence-corrected chi connectivity index (χ4v) is 4.23. The third kappa shape index (κ3) is 4.37. The zero-order valence-electron chi connectivity index (χ0n) is 17.9. The molecule has 0 saturated carbocycles. The number of nitrogens with one attached hydrogen (secondary N) is 1. The lowest BCUT2D eigenvalue weighted by atomic mass is 10.0. The van der Waals surface area contributed by atoms with Crippen LogP contribution in [0.3, 0.4) is 0 Å². The van der Waals surface area contributed by atoms with E-state index in [9.17, 15) is 4.79 Å². The van der Waals surface area contributed by atoms with E-state index < -0.39 is 0 Å². The Morgan fingerprint density at radius 1 is 0.767 bits per heavy atom. The summed E-state index contributed by atoms with van der Waals surface area (Å²) in [6, 6.07) is 25.0. The summed E-state index contributed by atoms with van der Waals surface area (Å²) in [5, 5.41) is 0.806. The number of aryl methyl sites for hydroxylation is 3. The van der Waals surface area contributed by atoms with Gasteiger partial charge in [0.05, 0.1) is 5.52 Å². The van der Waals surface area contributed by atoms with Gasteiger partial charge in [-0.1, -0.05) is 66.7 Å². The predicted molar refractivity (Wildman–Crippen MR) is 125 cm³/mol. The summed E-state index contributed by atoms with van der Waals surface area (Å²) >= 11 is 0. The van der Waals surface area contributed by atoms with Crippen molar-refractivity contribution in [3.63, 3.8) is 0 Å². The lowest BCUT2D eigenvalue weighted by Crippen LogP contribution is -2.27. The van der Waals surface area contributed by atoms with Crippen molar-refractivity contribution >= 4 is 10.9 Å². The molecule has 0 fully saturated rings. The first-order valence-electron chi connectivity index (χ1n) is 10.4. The van der Waals surface area contributed by atoms with Gasteiger partial charge in [-0.05, 0) is 49.1 Å².